The van der Waals surface area contributed by atoms with Gasteiger partial charge in [0.2, 0.25) is 0 Å². The monoisotopic (exact) mass is 347 g/mol. The fourth-order valence-corrected chi connectivity index (χ4v) is 3.82. The minimum atomic E-state index is 0.345. The second-order valence-corrected chi connectivity index (χ2v) is 6.70. The number of aryl methyl sites for hydroxylation is 1. The number of ether oxygens (including phenoxy) is 1. The van der Waals surface area contributed by atoms with Crippen LogP contribution in [-0.4, -0.2) is 6.61 Å². The van der Waals surface area contributed by atoms with Crippen LogP contribution in [0.25, 0.3) is 0 Å². The smallest absolute Gasteiger partial charge is 0.124 e. The molecule has 2 atom stereocenters. The van der Waals surface area contributed by atoms with Crippen LogP contribution in [0.1, 0.15) is 48.2 Å². The Morgan fingerprint density at radius 3 is 2.95 bits per heavy atom. The van der Waals surface area contributed by atoms with Gasteiger partial charge in [-0.1, -0.05) is 15.9 Å². The van der Waals surface area contributed by atoms with E-state index in [4.69, 9.17) is 9.15 Å². The van der Waals surface area contributed by atoms with E-state index in [2.05, 4.69) is 39.4 Å². The summed E-state index contributed by atoms with van der Waals surface area (Å²) in [5.74, 6) is 2.16. The Labute approximate surface area is 132 Å². The SMILES string of the molecule is Brc1ccc2c(c1)C(NC1CCCc3occc31)CCO2. The summed E-state index contributed by atoms with van der Waals surface area (Å²) in [6.07, 6.45) is 6.25. The molecule has 0 fully saturated rings. The summed E-state index contributed by atoms with van der Waals surface area (Å²) in [7, 11) is 0. The molecule has 1 aromatic heterocycles. The topological polar surface area (TPSA) is 34.4 Å². The van der Waals surface area contributed by atoms with Crippen molar-refractivity contribution in [1.82, 2.24) is 5.32 Å². The summed E-state index contributed by atoms with van der Waals surface area (Å²) in [6, 6.07) is 9.12. The van der Waals surface area contributed by atoms with Crippen LogP contribution >= 0.6 is 15.9 Å². The molecule has 110 valence electrons. The lowest BCUT2D eigenvalue weighted by molar-refractivity contribution is 0.239. The Kier molecular flexibility index (Phi) is 3.51. The van der Waals surface area contributed by atoms with Gasteiger partial charge in [-0.2, -0.15) is 0 Å². The predicted octanol–water partition coefficient (Wildman–Crippen LogP) is 4.53. The largest absolute Gasteiger partial charge is 0.493 e. The normalized spacial score (nSPS) is 24.0. The highest BCUT2D eigenvalue weighted by molar-refractivity contribution is 9.10. The lowest BCUT2D eigenvalue weighted by atomic mass is 9.91. The van der Waals surface area contributed by atoms with Crippen molar-refractivity contribution >= 4 is 15.9 Å². The van der Waals surface area contributed by atoms with Crippen LogP contribution in [0.3, 0.4) is 0 Å². The molecule has 0 radical (unpaired) electrons. The summed E-state index contributed by atoms with van der Waals surface area (Å²) in [5.41, 5.74) is 2.59. The van der Waals surface area contributed by atoms with E-state index in [0.29, 0.717) is 12.1 Å². The van der Waals surface area contributed by atoms with Crippen molar-refractivity contribution in [3.05, 3.63) is 51.9 Å². The molecule has 3 nitrogen and oxygen atoms in total. The van der Waals surface area contributed by atoms with Gasteiger partial charge in [0.05, 0.1) is 12.9 Å². The van der Waals surface area contributed by atoms with Gasteiger partial charge >= 0.3 is 0 Å². The van der Waals surface area contributed by atoms with Crippen LogP contribution in [0.4, 0.5) is 0 Å². The van der Waals surface area contributed by atoms with Crippen molar-refractivity contribution in [3.63, 3.8) is 0 Å². The van der Waals surface area contributed by atoms with Crippen molar-refractivity contribution in [2.45, 2.75) is 37.8 Å². The lowest BCUT2D eigenvalue weighted by Crippen LogP contribution is -2.32. The Morgan fingerprint density at radius 2 is 2.00 bits per heavy atom. The molecular formula is C17H18BrNO2. The minimum Gasteiger partial charge on any atom is -0.493 e. The third kappa shape index (κ3) is 2.51. The van der Waals surface area contributed by atoms with E-state index in [-0.39, 0.29) is 0 Å². The summed E-state index contributed by atoms with van der Waals surface area (Å²) < 4.78 is 12.5. The van der Waals surface area contributed by atoms with Crippen LogP contribution < -0.4 is 10.1 Å². The molecule has 2 aliphatic rings. The van der Waals surface area contributed by atoms with Crippen molar-refractivity contribution in [2.24, 2.45) is 0 Å². The van der Waals surface area contributed by atoms with E-state index >= 15 is 0 Å². The zero-order chi connectivity index (χ0) is 14.2. The van der Waals surface area contributed by atoms with Gasteiger partial charge in [0.15, 0.2) is 0 Å². The molecule has 0 saturated heterocycles. The van der Waals surface area contributed by atoms with Gasteiger partial charge in [0.25, 0.3) is 0 Å². The molecule has 0 saturated carbocycles. The molecule has 0 bridgehead atoms. The van der Waals surface area contributed by atoms with Gasteiger partial charge in [-0.05, 0) is 37.1 Å². The number of nitrogens with one attached hydrogen (secondary N) is 1. The molecular weight excluding hydrogens is 330 g/mol. The Bertz CT molecular complexity index is 652. The maximum atomic E-state index is 5.77. The van der Waals surface area contributed by atoms with Gasteiger partial charge in [-0.15, -0.1) is 0 Å². The molecule has 1 aliphatic carbocycles. The average Bonchev–Trinajstić information content (AvgIpc) is 2.97. The van der Waals surface area contributed by atoms with Crippen molar-refractivity contribution < 1.29 is 9.15 Å². The maximum absolute atomic E-state index is 5.77. The first-order chi connectivity index (χ1) is 10.3. The first-order valence-electron chi connectivity index (χ1n) is 7.56. The Morgan fingerprint density at radius 1 is 1.10 bits per heavy atom. The molecule has 0 amide bonds. The molecule has 2 unspecified atom stereocenters. The predicted molar refractivity (Wildman–Crippen MR) is 84.5 cm³/mol. The number of benzene rings is 1. The van der Waals surface area contributed by atoms with Gasteiger partial charge in [0.1, 0.15) is 11.5 Å². The number of rotatable bonds is 2. The number of hydrogen-bond donors (Lipinski definition) is 1. The van der Waals surface area contributed by atoms with Crippen molar-refractivity contribution in [2.75, 3.05) is 6.61 Å². The Hall–Kier alpha value is -1.26. The molecule has 1 N–H and O–H groups in total. The lowest BCUT2D eigenvalue weighted by Gasteiger charge is -2.32. The molecule has 4 rings (SSSR count). The molecule has 0 spiro atoms. The van der Waals surface area contributed by atoms with E-state index < -0.39 is 0 Å². The molecule has 21 heavy (non-hydrogen) atoms. The molecule has 2 aromatic rings. The highest BCUT2D eigenvalue weighted by Crippen LogP contribution is 2.38. The number of fused-ring (bicyclic) bond motifs is 2. The Balaban J connectivity index is 1.61. The fourth-order valence-electron chi connectivity index (χ4n) is 3.44. The van der Waals surface area contributed by atoms with E-state index in [9.17, 15) is 0 Å². The van der Waals surface area contributed by atoms with Gasteiger partial charge < -0.3 is 14.5 Å². The van der Waals surface area contributed by atoms with Crippen molar-refractivity contribution in [3.8, 4) is 5.75 Å². The average molecular weight is 348 g/mol. The van der Waals surface area contributed by atoms with E-state index in [1.54, 1.807) is 0 Å². The maximum Gasteiger partial charge on any atom is 0.124 e. The fraction of sp³-hybridized carbons (Fsp3) is 0.412. The van der Waals surface area contributed by atoms with Crippen LogP contribution in [0.15, 0.2) is 39.4 Å². The van der Waals surface area contributed by atoms with Gasteiger partial charge in [0, 0.05) is 40.5 Å². The standard InChI is InChI=1S/C17H18BrNO2/c18-11-4-5-17-13(10-11)15(7-9-21-17)19-14-2-1-3-16-12(14)6-8-20-16/h4-6,8,10,14-15,19H,1-3,7,9H2. The molecule has 1 aromatic carbocycles. The van der Waals surface area contributed by atoms with Crippen molar-refractivity contribution in [1.29, 1.82) is 0 Å². The van der Waals surface area contributed by atoms with E-state index in [1.807, 2.05) is 12.3 Å². The first kappa shape index (κ1) is 13.4. The summed E-state index contributed by atoms with van der Waals surface area (Å²) in [5, 5.41) is 3.82. The quantitative estimate of drug-likeness (QED) is 0.866. The zero-order valence-corrected chi connectivity index (χ0v) is 13.4. The summed E-state index contributed by atoms with van der Waals surface area (Å²) in [6.45, 7) is 0.775. The number of halogens is 1. The number of furan rings is 1. The second-order valence-electron chi connectivity index (χ2n) is 5.78. The van der Waals surface area contributed by atoms with Crippen LogP contribution in [0, 0.1) is 0 Å². The highest BCUT2D eigenvalue weighted by atomic mass is 79.9. The van der Waals surface area contributed by atoms with E-state index in [1.165, 1.54) is 24.0 Å². The molecule has 1 aliphatic heterocycles. The van der Waals surface area contributed by atoms with Gasteiger partial charge in [-0.25, -0.2) is 0 Å². The highest BCUT2D eigenvalue weighted by Gasteiger charge is 2.28. The third-order valence-corrected chi connectivity index (χ3v) is 4.96. The second kappa shape index (κ2) is 5.50. The van der Waals surface area contributed by atoms with Crippen LogP contribution in [0.5, 0.6) is 5.75 Å². The first-order valence-corrected chi connectivity index (χ1v) is 8.35. The summed E-state index contributed by atoms with van der Waals surface area (Å²) in [4.78, 5) is 0. The molecule has 2 heterocycles. The van der Waals surface area contributed by atoms with Gasteiger partial charge in [-0.3, -0.25) is 0 Å². The minimum absolute atomic E-state index is 0.345. The van der Waals surface area contributed by atoms with Crippen LogP contribution in [-0.2, 0) is 6.42 Å². The summed E-state index contributed by atoms with van der Waals surface area (Å²) >= 11 is 3.56. The third-order valence-electron chi connectivity index (χ3n) is 4.47. The molecule has 4 heteroatoms. The van der Waals surface area contributed by atoms with E-state index in [0.717, 1.165) is 35.4 Å². The zero-order valence-electron chi connectivity index (χ0n) is 11.8. The number of hydrogen-bond acceptors (Lipinski definition) is 3. The van der Waals surface area contributed by atoms with Crippen LogP contribution in [0.2, 0.25) is 0 Å².